The van der Waals surface area contributed by atoms with Gasteiger partial charge in [-0.1, -0.05) is 18.2 Å². The first kappa shape index (κ1) is 6.06. The SMILES string of the molecule is C1=CC2=CC=CC3=CCC(=C1)N23. The van der Waals surface area contributed by atoms with E-state index in [1.807, 2.05) is 0 Å². The summed E-state index contributed by atoms with van der Waals surface area (Å²) >= 11 is 0. The average molecular weight is 155 g/mol. The third-order valence-electron chi connectivity index (χ3n) is 2.41. The van der Waals surface area contributed by atoms with E-state index in [2.05, 4.69) is 47.4 Å². The molecule has 58 valence electrons. The van der Waals surface area contributed by atoms with Gasteiger partial charge in [-0.3, -0.25) is 0 Å². The molecule has 12 heavy (non-hydrogen) atoms. The number of hydrogen-bond donors (Lipinski definition) is 0. The first-order chi connectivity index (χ1) is 5.95. The lowest BCUT2D eigenvalue weighted by molar-refractivity contribution is 0.569. The Labute approximate surface area is 71.7 Å². The van der Waals surface area contributed by atoms with E-state index in [4.69, 9.17) is 0 Å². The van der Waals surface area contributed by atoms with E-state index < -0.39 is 0 Å². The van der Waals surface area contributed by atoms with Crippen molar-refractivity contribution >= 4 is 0 Å². The van der Waals surface area contributed by atoms with Gasteiger partial charge >= 0.3 is 0 Å². The fraction of sp³-hybridized carbons (Fsp3) is 0.0909. The van der Waals surface area contributed by atoms with Crippen LogP contribution in [0.1, 0.15) is 6.42 Å². The topological polar surface area (TPSA) is 3.24 Å². The zero-order valence-corrected chi connectivity index (χ0v) is 6.70. The smallest absolute Gasteiger partial charge is 0.0458 e. The molecule has 0 radical (unpaired) electrons. The van der Waals surface area contributed by atoms with E-state index in [0.29, 0.717) is 0 Å². The summed E-state index contributed by atoms with van der Waals surface area (Å²) < 4.78 is 0. The Morgan fingerprint density at radius 1 is 1.00 bits per heavy atom. The van der Waals surface area contributed by atoms with Crippen LogP contribution < -0.4 is 0 Å². The second-order valence-corrected chi connectivity index (χ2v) is 3.14. The van der Waals surface area contributed by atoms with Crippen LogP contribution in [-0.2, 0) is 0 Å². The molecule has 1 nitrogen and oxygen atoms in total. The highest BCUT2D eigenvalue weighted by Crippen LogP contribution is 2.35. The molecule has 3 aliphatic rings. The van der Waals surface area contributed by atoms with Gasteiger partial charge in [-0.05, 0) is 24.3 Å². The molecule has 0 unspecified atom stereocenters. The normalized spacial score (nSPS) is 23.3. The lowest BCUT2D eigenvalue weighted by Crippen LogP contribution is -2.18. The Hall–Kier alpha value is -1.50. The molecule has 3 aliphatic heterocycles. The second kappa shape index (κ2) is 2.01. The van der Waals surface area contributed by atoms with E-state index in [0.717, 1.165) is 6.42 Å². The summed E-state index contributed by atoms with van der Waals surface area (Å²) in [5.41, 5.74) is 4.00. The molecule has 3 rings (SSSR count). The van der Waals surface area contributed by atoms with E-state index in [-0.39, 0.29) is 0 Å². The van der Waals surface area contributed by atoms with Gasteiger partial charge in [0.15, 0.2) is 0 Å². The minimum absolute atomic E-state index is 1.07. The molecule has 0 fully saturated rings. The van der Waals surface area contributed by atoms with Gasteiger partial charge in [0.2, 0.25) is 0 Å². The molecule has 0 N–H and O–H groups in total. The summed E-state index contributed by atoms with van der Waals surface area (Å²) in [6.07, 6.45) is 16.2. The van der Waals surface area contributed by atoms with Gasteiger partial charge in [0.1, 0.15) is 0 Å². The number of hydrogen-bond acceptors (Lipinski definition) is 1. The van der Waals surface area contributed by atoms with E-state index in [1.165, 1.54) is 17.1 Å². The molecule has 0 saturated heterocycles. The standard InChI is InChI=1S/C11H9N/c1-3-9-4-2-6-11-8-7-10(5-1)12(9)11/h1-7H,8H2. The lowest BCUT2D eigenvalue weighted by Gasteiger charge is -2.27. The lowest BCUT2D eigenvalue weighted by atomic mass is 10.1. The molecule has 0 bridgehead atoms. The van der Waals surface area contributed by atoms with Crippen LogP contribution in [0.5, 0.6) is 0 Å². The molecule has 0 aromatic carbocycles. The van der Waals surface area contributed by atoms with Crippen LogP contribution >= 0.6 is 0 Å². The average Bonchev–Trinajstić information content (AvgIpc) is 2.52. The van der Waals surface area contributed by atoms with Crippen molar-refractivity contribution in [3.63, 3.8) is 0 Å². The van der Waals surface area contributed by atoms with Crippen molar-refractivity contribution < 1.29 is 0 Å². The van der Waals surface area contributed by atoms with Crippen molar-refractivity contribution in [1.82, 2.24) is 4.90 Å². The third kappa shape index (κ3) is 0.632. The van der Waals surface area contributed by atoms with Crippen LogP contribution in [0.4, 0.5) is 0 Å². The van der Waals surface area contributed by atoms with Crippen molar-refractivity contribution in [2.75, 3.05) is 0 Å². The monoisotopic (exact) mass is 155 g/mol. The Balaban J connectivity index is 2.22. The van der Waals surface area contributed by atoms with Crippen molar-refractivity contribution in [3.8, 4) is 0 Å². The van der Waals surface area contributed by atoms with Crippen LogP contribution in [0.15, 0.2) is 59.6 Å². The van der Waals surface area contributed by atoms with Gasteiger partial charge in [0.05, 0.1) is 0 Å². The van der Waals surface area contributed by atoms with Gasteiger partial charge < -0.3 is 4.90 Å². The van der Waals surface area contributed by atoms with Crippen LogP contribution in [0.3, 0.4) is 0 Å². The first-order valence-electron chi connectivity index (χ1n) is 4.21. The van der Waals surface area contributed by atoms with Crippen molar-refractivity contribution in [2.24, 2.45) is 0 Å². The summed E-state index contributed by atoms with van der Waals surface area (Å²) in [4.78, 5) is 2.31. The van der Waals surface area contributed by atoms with Gasteiger partial charge in [-0.25, -0.2) is 0 Å². The summed E-state index contributed by atoms with van der Waals surface area (Å²) in [5.74, 6) is 0. The molecule has 0 aliphatic carbocycles. The summed E-state index contributed by atoms with van der Waals surface area (Å²) in [6, 6.07) is 0. The Kier molecular flexibility index (Phi) is 1.01. The van der Waals surface area contributed by atoms with Crippen molar-refractivity contribution in [2.45, 2.75) is 6.42 Å². The molecule has 0 saturated carbocycles. The van der Waals surface area contributed by atoms with Crippen LogP contribution in [0.2, 0.25) is 0 Å². The van der Waals surface area contributed by atoms with Crippen molar-refractivity contribution in [3.05, 3.63) is 59.6 Å². The number of allylic oxidation sites excluding steroid dienone is 7. The molecule has 0 atom stereocenters. The Bertz CT molecular complexity index is 378. The van der Waals surface area contributed by atoms with Gasteiger partial charge in [0.25, 0.3) is 0 Å². The highest BCUT2D eigenvalue weighted by Gasteiger charge is 2.23. The predicted octanol–water partition coefficient (Wildman–Crippen LogP) is 2.48. The van der Waals surface area contributed by atoms with E-state index >= 15 is 0 Å². The number of nitrogens with zero attached hydrogens (tertiary/aromatic N) is 1. The summed E-state index contributed by atoms with van der Waals surface area (Å²) in [7, 11) is 0. The van der Waals surface area contributed by atoms with Gasteiger partial charge in [0, 0.05) is 23.5 Å². The molecular weight excluding hydrogens is 146 g/mol. The quantitative estimate of drug-likeness (QED) is 0.519. The Morgan fingerprint density at radius 2 is 1.83 bits per heavy atom. The van der Waals surface area contributed by atoms with Gasteiger partial charge in [-0.15, -0.1) is 0 Å². The Morgan fingerprint density at radius 3 is 2.83 bits per heavy atom. The minimum Gasteiger partial charge on any atom is -0.314 e. The molecule has 1 heteroatoms. The van der Waals surface area contributed by atoms with E-state index in [9.17, 15) is 0 Å². The van der Waals surface area contributed by atoms with Crippen LogP contribution in [-0.4, -0.2) is 4.90 Å². The van der Waals surface area contributed by atoms with Gasteiger partial charge in [-0.2, -0.15) is 0 Å². The highest BCUT2D eigenvalue weighted by atomic mass is 15.2. The highest BCUT2D eigenvalue weighted by molar-refractivity contribution is 5.48. The molecular formula is C11H9N. The maximum atomic E-state index is 2.31. The zero-order chi connectivity index (χ0) is 7.97. The predicted molar refractivity (Wildman–Crippen MR) is 49.0 cm³/mol. The molecule has 3 heterocycles. The third-order valence-corrected chi connectivity index (χ3v) is 2.41. The molecule has 0 aromatic heterocycles. The largest absolute Gasteiger partial charge is 0.314 e. The maximum Gasteiger partial charge on any atom is 0.0458 e. The fourth-order valence-electron chi connectivity index (χ4n) is 1.87. The number of rotatable bonds is 0. The molecule has 0 amide bonds. The first-order valence-corrected chi connectivity index (χ1v) is 4.21. The van der Waals surface area contributed by atoms with Crippen LogP contribution in [0.25, 0.3) is 0 Å². The molecule has 0 spiro atoms. The second-order valence-electron chi connectivity index (χ2n) is 3.14. The maximum absolute atomic E-state index is 2.31. The zero-order valence-electron chi connectivity index (χ0n) is 6.70. The van der Waals surface area contributed by atoms with E-state index in [1.54, 1.807) is 0 Å². The fourth-order valence-corrected chi connectivity index (χ4v) is 1.87. The summed E-state index contributed by atoms with van der Waals surface area (Å²) in [5, 5.41) is 0. The molecule has 0 aromatic rings. The summed E-state index contributed by atoms with van der Waals surface area (Å²) in [6.45, 7) is 0. The van der Waals surface area contributed by atoms with Crippen LogP contribution in [0, 0.1) is 0 Å². The van der Waals surface area contributed by atoms with Crippen molar-refractivity contribution in [1.29, 1.82) is 0 Å². The minimum atomic E-state index is 1.07.